The van der Waals surface area contributed by atoms with Gasteiger partial charge in [0.15, 0.2) is 22.9 Å². The molecule has 4 fully saturated rings. The SMILES string of the molecule is CCN(CC)C(C)CN1c2ccccc2Sc2ccccc21.Cc1c2oc3c(C)ccc(C(=O)NC4C(=O)NC(C(C)C)C(=O)C5CCCC5C(=O)N(C)CC(=O)N(C)C(C(C)C)C(=O)OC4C)c3nc-2c(C(=O)NC2C(=O)NC(C(C)C)C(=O)C3CCCC3C(=O)N(C)CC(=O)N(C)C(C(C)C)C(=O)OC2C)c(N)c1=O.Cl. The van der Waals surface area contributed by atoms with Crippen LogP contribution in [-0.4, -0.2) is 216 Å². The minimum absolute atomic E-state index is 0. The number of nitrogens with two attached hydrogens (primary N) is 1. The summed E-state index contributed by atoms with van der Waals surface area (Å²) in [5, 5.41) is 10.8. The van der Waals surface area contributed by atoms with Crippen LogP contribution in [0.4, 0.5) is 17.1 Å². The van der Waals surface area contributed by atoms with E-state index in [-0.39, 0.29) is 46.1 Å². The molecule has 3 aliphatic carbocycles. The molecule has 3 aromatic rings. The maximum absolute atomic E-state index is 15.2. The van der Waals surface area contributed by atoms with Crippen molar-refractivity contribution in [3.05, 3.63) is 93.1 Å². The first-order chi connectivity index (χ1) is 52.8. The van der Waals surface area contributed by atoms with Gasteiger partial charge in [0.05, 0.1) is 53.4 Å². The third-order valence-electron chi connectivity index (χ3n) is 22.8. The average Bonchev–Trinajstić information content (AvgIpc) is 1.24. The van der Waals surface area contributed by atoms with Crippen molar-refractivity contribution in [3.8, 4) is 11.5 Å². The van der Waals surface area contributed by atoms with Crippen molar-refractivity contribution >= 4 is 123 Å². The second-order valence-corrected chi connectivity index (χ2v) is 33.1. The van der Waals surface area contributed by atoms with Gasteiger partial charge in [-0.2, -0.15) is 0 Å². The zero-order chi connectivity index (χ0) is 82.5. The number of benzene rings is 4. The van der Waals surface area contributed by atoms with E-state index in [1.54, 1.807) is 62.3 Å². The van der Waals surface area contributed by atoms with Gasteiger partial charge in [-0.15, -0.1) is 12.4 Å². The molecular formula is C83H113ClN12O16S. The number of para-hydroxylation sites is 2. The Morgan fingerprint density at radius 1 is 0.602 bits per heavy atom. The maximum Gasteiger partial charge on any atom is 0.329 e. The smallest absolute Gasteiger partial charge is 0.329 e. The van der Waals surface area contributed by atoms with Gasteiger partial charge in [-0.1, -0.05) is 124 Å². The minimum atomic E-state index is -1.86. The number of Topliss-reactive ketones (excluding diaryl/α,β-unsaturated/α-hetero) is 2. The number of hydrogen-bond acceptors (Lipinski definition) is 21. The number of amides is 8. The van der Waals surface area contributed by atoms with E-state index >= 15 is 9.59 Å². The summed E-state index contributed by atoms with van der Waals surface area (Å²) in [6.45, 7) is 28.3. The van der Waals surface area contributed by atoms with Gasteiger partial charge in [-0.25, -0.2) is 14.6 Å². The maximum atomic E-state index is 15.2. The third-order valence-corrected chi connectivity index (χ3v) is 23.9. The lowest BCUT2D eigenvalue weighted by atomic mass is 9.83. The number of nitrogens with zero attached hydrogens (tertiary/aromatic N) is 7. The average molecular weight is 1600 g/mol. The number of nitrogen functional groups attached to an aromatic ring is 1. The first kappa shape index (κ1) is 89.1. The van der Waals surface area contributed by atoms with Gasteiger partial charge >= 0.3 is 11.9 Å². The molecule has 3 aromatic carbocycles. The van der Waals surface area contributed by atoms with Crippen molar-refractivity contribution in [2.24, 2.45) is 47.3 Å². The van der Waals surface area contributed by atoms with Gasteiger partial charge in [0.2, 0.25) is 40.9 Å². The Morgan fingerprint density at radius 2 is 1.03 bits per heavy atom. The summed E-state index contributed by atoms with van der Waals surface area (Å²) in [4.78, 5) is 205. The molecule has 0 radical (unpaired) electrons. The molecule has 10 rings (SSSR count). The minimum Gasteiger partial charge on any atom is -0.458 e. The number of carbonyl (C=O) groups excluding carboxylic acids is 12. The van der Waals surface area contributed by atoms with Gasteiger partial charge < -0.3 is 65.4 Å². The molecule has 30 heteroatoms. The number of aromatic nitrogens is 1. The van der Waals surface area contributed by atoms with E-state index in [0.29, 0.717) is 50.1 Å². The highest BCUT2D eigenvalue weighted by molar-refractivity contribution is 7.99. The number of anilines is 3. The largest absolute Gasteiger partial charge is 0.458 e. The first-order valence-electron chi connectivity index (χ1n) is 39.1. The van der Waals surface area contributed by atoms with E-state index in [1.807, 2.05) is 11.8 Å². The summed E-state index contributed by atoms with van der Waals surface area (Å²) in [6.07, 6.45) is -0.654. The van der Waals surface area contributed by atoms with Crippen LogP contribution in [0, 0.1) is 61.2 Å². The highest BCUT2D eigenvalue weighted by atomic mass is 35.5. The zero-order valence-electron chi connectivity index (χ0n) is 68.4. The van der Waals surface area contributed by atoms with Crippen molar-refractivity contribution in [3.63, 3.8) is 0 Å². The molecule has 4 heterocycles. The number of nitrogens with one attached hydrogen (secondary N) is 4. The molecule has 113 heavy (non-hydrogen) atoms. The molecule has 8 amide bonds. The molecule has 2 saturated carbocycles. The number of fused-ring (bicyclic) bond motifs is 6. The van der Waals surface area contributed by atoms with E-state index in [4.69, 9.17) is 24.6 Å². The number of hydrogen-bond donors (Lipinski definition) is 5. The van der Waals surface area contributed by atoms with Crippen molar-refractivity contribution in [1.82, 2.24) is 50.8 Å². The van der Waals surface area contributed by atoms with Crippen LogP contribution >= 0.6 is 24.2 Å². The lowest BCUT2D eigenvalue weighted by Gasteiger charge is -2.37. The molecule has 2 saturated heterocycles. The van der Waals surface area contributed by atoms with Crippen molar-refractivity contribution in [2.45, 2.75) is 207 Å². The number of rotatable bonds is 13. The van der Waals surface area contributed by atoms with Crippen LogP contribution in [0.3, 0.4) is 0 Å². The summed E-state index contributed by atoms with van der Waals surface area (Å²) >= 11 is 1.88. The number of esters is 2. The zero-order valence-corrected chi connectivity index (χ0v) is 70.1. The number of halogens is 1. The second-order valence-electron chi connectivity index (χ2n) is 32.0. The van der Waals surface area contributed by atoms with Crippen LogP contribution in [-0.2, 0) is 57.4 Å². The molecule has 0 spiro atoms. The number of aryl methyl sites for hydroxylation is 1. The molecular weight excluding hydrogens is 1490 g/mol. The predicted octanol–water partition coefficient (Wildman–Crippen LogP) is 8.16. The van der Waals surface area contributed by atoms with Gasteiger partial charge in [0.25, 0.3) is 11.8 Å². The fourth-order valence-corrected chi connectivity index (χ4v) is 17.5. The van der Waals surface area contributed by atoms with Gasteiger partial charge in [0.1, 0.15) is 47.6 Å². The van der Waals surface area contributed by atoms with Crippen LogP contribution in [0.5, 0.6) is 0 Å². The van der Waals surface area contributed by atoms with Crippen molar-refractivity contribution < 1.29 is 71.4 Å². The monoisotopic (exact) mass is 1600 g/mol. The number of carbonyl (C=O) groups is 12. The predicted molar refractivity (Wildman–Crippen MR) is 431 cm³/mol. The van der Waals surface area contributed by atoms with Crippen molar-refractivity contribution in [2.75, 3.05) is 71.5 Å². The Kier molecular flexibility index (Phi) is 29.7. The van der Waals surface area contributed by atoms with Crippen LogP contribution in [0.25, 0.3) is 22.6 Å². The normalized spacial score (nSPS) is 25.0. The van der Waals surface area contributed by atoms with Crippen LogP contribution in [0.15, 0.2) is 79.7 Å². The quantitative estimate of drug-likeness (QED) is 0.0421. The molecule has 4 aliphatic heterocycles. The molecule has 13 atom stereocenters. The summed E-state index contributed by atoms with van der Waals surface area (Å²) in [5.41, 5.74) is 6.34. The van der Waals surface area contributed by atoms with E-state index in [1.165, 1.54) is 92.1 Å². The molecule has 6 N–H and O–H groups in total. The molecule has 614 valence electrons. The summed E-state index contributed by atoms with van der Waals surface area (Å²) in [6, 6.07) is 12.3. The van der Waals surface area contributed by atoms with E-state index in [9.17, 15) is 52.7 Å². The molecule has 7 aliphatic rings. The van der Waals surface area contributed by atoms with Gasteiger partial charge in [-0.3, -0.25) is 57.6 Å². The Balaban J connectivity index is 0.000000592. The number of likely N-dealkylation sites (N-methyl/N-ethyl adjacent to an activating group) is 5. The molecule has 0 aromatic heterocycles. The fraction of sp³-hybridized carbons (Fsp3) is 0.566. The number of cyclic esters (lactones) is 2. The fourth-order valence-electron chi connectivity index (χ4n) is 16.4. The van der Waals surface area contributed by atoms with Gasteiger partial charge in [0, 0.05) is 79.8 Å². The van der Waals surface area contributed by atoms with Gasteiger partial charge in [-0.05, 0) is 133 Å². The van der Waals surface area contributed by atoms with Crippen LogP contribution in [0.2, 0.25) is 0 Å². The highest BCUT2D eigenvalue weighted by Gasteiger charge is 2.48. The third kappa shape index (κ3) is 19.0. The standard InChI is InChI=1S/C64H88N10O16.C19H24N2S.ClH/c1-27(2)44-53(78)35-19-17-21-37(35)61(84)71(13)25-40(75)73(15)50(29(5)6)63(86)88-33(11)46(59(82)67-44)69-57(80)39-24-23-31(9)55-48(39)66-49-42(43(65)52(77)32(10)56(49)90-55)58(81)70-47-34(12)89-64(87)51(30(7)8)74(16)41(76)26-72(14)62(85)38-22-18-20-36(38)54(79)45(28(3)4)68-60(47)83;1-4-20(5-2)15(3)14-21-16-10-6-8-12-18(16)22-19-13-9-7-11-17(19)21;/h23-24,27-30,33-38,44-47,50-51H,17-22,25-26,65H2,1-16H3,(H,67,82)(H,68,83)(H,69,80)(H,70,81);6-13,15H,4-5,14H2,1-3H3;1H. The number of ketones is 2. The summed E-state index contributed by atoms with van der Waals surface area (Å²) in [5.74, 6) is -14.9. The highest BCUT2D eigenvalue weighted by Crippen LogP contribution is 2.48. The van der Waals surface area contributed by atoms with Crippen molar-refractivity contribution in [1.29, 1.82) is 0 Å². The van der Waals surface area contributed by atoms with Crippen LogP contribution in [0.1, 0.15) is 160 Å². The second kappa shape index (κ2) is 37.7. The Morgan fingerprint density at radius 3 is 1.45 bits per heavy atom. The van der Waals surface area contributed by atoms with E-state index in [0.717, 1.165) is 29.4 Å². The Hall–Kier alpha value is -9.48. The first-order valence-corrected chi connectivity index (χ1v) is 39.9. The molecule has 13 unspecified atom stereocenters. The van der Waals surface area contributed by atoms with Crippen LogP contribution < -0.4 is 37.3 Å². The topological polar surface area (TPSA) is 360 Å². The Labute approximate surface area is 671 Å². The van der Waals surface area contributed by atoms with E-state index in [2.05, 4.69) is 100 Å². The summed E-state index contributed by atoms with van der Waals surface area (Å²) < 4.78 is 18.3. The lowest BCUT2D eigenvalue weighted by Crippen LogP contribution is -2.59. The molecule has 28 nitrogen and oxygen atoms in total. The summed E-state index contributed by atoms with van der Waals surface area (Å²) in [7, 11) is 5.66. The molecule has 0 bridgehead atoms. The number of ether oxygens (including phenoxy) is 2. The van der Waals surface area contributed by atoms with E-state index < -0.39 is 196 Å². The Bertz CT molecular complexity index is 4420. The lowest BCUT2D eigenvalue weighted by molar-refractivity contribution is -0.163.